The summed E-state index contributed by atoms with van der Waals surface area (Å²) in [6.07, 6.45) is 3.18. The SMILES string of the molecule is O=C(CSc1ccc(F)cc1)N[C@@H]1CCCc2ccccc21. The number of nitrogens with one attached hydrogen (secondary N) is 1. The molecule has 0 radical (unpaired) electrons. The number of rotatable bonds is 4. The fourth-order valence-electron chi connectivity index (χ4n) is 2.82. The summed E-state index contributed by atoms with van der Waals surface area (Å²) in [6, 6.07) is 14.7. The van der Waals surface area contributed by atoms with Crippen molar-refractivity contribution in [1.82, 2.24) is 5.32 Å². The van der Waals surface area contributed by atoms with Crippen molar-refractivity contribution in [2.75, 3.05) is 5.75 Å². The molecule has 1 N–H and O–H groups in total. The average Bonchev–Trinajstić information content (AvgIpc) is 2.55. The predicted octanol–water partition coefficient (Wildman–Crippen LogP) is 4.11. The van der Waals surface area contributed by atoms with Crippen LogP contribution >= 0.6 is 11.8 Å². The molecule has 3 rings (SSSR count). The predicted molar refractivity (Wildman–Crippen MR) is 87.4 cm³/mol. The van der Waals surface area contributed by atoms with Crippen LogP contribution in [-0.2, 0) is 11.2 Å². The molecule has 0 spiro atoms. The first-order chi connectivity index (χ1) is 10.7. The molecule has 1 aliphatic rings. The summed E-state index contributed by atoms with van der Waals surface area (Å²) in [5.74, 6) is 0.119. The van der Waals surface area contributed by atoms with E-state index in [2.05, 4.69) is 17.4 Å². The Balaban J connectivity index is 1.57. The van der Waals surface area contributed by atoms with E-state index < -0.39 is 0 Å². The van der Waals surface area contributed by atoms with Gasteiger partial charge in [-0.2, -0.15) is 0 Å². The standard InChI is InChI=1S/C18H18FNOS/c19-14-8-10-15(11-9-14)22-12-18(21)20-17-7-3-5-13-4-1-2-6-16(13)17/h1-2,4,6,8-11,17H,3,5,7,12H2,(H,20,21)/t17-/m1/s1. The van der Waals surface area contributed by atoms with Crippen molar-refractivity contribution >= 4 is 17.7 Å². The summed E-state index contributed by atoms with van der Waals surface area (Å²) in [4.78, 5) is 13.1. The first kappa shape index (κ1) is 15.1. The molecule has 0 bridgehead atoms. The molecule has 2 nitrogen and oxygen atoms in total. The molecule has 0 fully saturated rings. The van der Waals surface area contributed by atoms with Crippen LogP contribution in [-0.4, -0.2) is 11.7 Å². The largest absolute Gasteiger partial charge is 0.349 e. The van der Waals surface area contributed by atoms with Crippen LogP contribution in [0, 0.1) is 5.82 Å². The van der Waals surface area contributed by atoms with Gasteiger partial charge in [-0.05, 0) is 54.7 Å². The van der Waals surface area contributed by atoms with E-state index in [0.717, 1.165) is 24.2 Å². The normalized spacial score (nSPS) is 16.9. The molecule has 0 aliphatic heterocycles. The highest BCUT2D eigenvalue weighted by Crippen LogP contribution is 2.29. The lowest BCUT2D eigenvalue weighted by Crippen LogP contribution is -2.32. The maximum atomic E-state index is 12.8. The highest BCUT2D eigenvalue weighted by molar-refractivity contribution is 8.00. The van der Waals surface area contributed by atoms with Crippen LogP contribution in [0.15, 0.2) is 53.4 Å². The highest BCUT2D eigenvalue weighted by atomic mass is 32.2. The van der Waals surface area contributed by atoms with Gasteiger partial charge >= 0.3 is 0 Å². The van der Waals surface area contributed by atoms with Gasteiger partial charge in [0.15, 0.2) is 0 Å². The van der Waals surface area contributed by atoms with Crippen molar-refractivity contribution in [1.29, 1.82) is 0 Å². The highest BCUT2D eigenvalue weighted by Gasteiger charge is 2.21. The minimum atomic E-state index is -0.257. The van der Waals surface area contributed by atoms with Crippen molar-refractivity contribution < 1.29 is 9.18 Å². The minimum Gasteiger partial charge on any atom is -0.349 e. The maximum Gasteiger partial charge on any atom is 0.230 e. The lowest BCUT2D eigenvalue weighted by molar-refractivity contribution is -0.119. The first-order valence-corrected chi connectivity index (χ1v) is 8.46. The molecule has 22 heavy (non-hydrogen) atoms. The van der Waals surface area contributed by atoms with Crippen molar-refractivity contribution in [2.45, 2.75) is 30.2 Å². The number of thioether (sulfide) groups is 1. The van der Waals surface area contributed by atoms with Crippen molar-refractivity contribution in [3.8, 4) is 0 Å². The number of aryl methyl sites for hydroxylation is 1. The maximum absolute atomic E-state index is 12.8. The number of hydrogen-bond donors (Lipinski definition) is 1. The molecule has 0 saturated carbocycles. The van der Waals surface area contributed by atoms with E-state index in [0.29, 0.717) is 5.75 Å². The van der Waals surface area contributed by atoms with Crippen molar-refractivity contribution in [3.05, 3.63) is 65.5 Å². The number of amides is 1. The zero-order valence-electron chi connectivity index (χ0n) is 12.2. The summed E-state index contributed by atoms with van der Waals surface area (Å²) in [5, 5.41) is 3.12. The molecule has 0 heterocycles. The molecule has 1 atom stereocenters. The van der Waals surface area contributed by atoms with Gasteiger partial charge in [0, 0.05) is 4.90 Å². The van der Waals surface area contributed by atoms with Gasteiger partial charge < -0.3 is 5.32 Å². The summed E-state index contributed by atoms with van der Waals surface area (Å²) in [6.45, 7) is 0. The Morgan fingerprint density at radius 1 is 1.18 bits per heavy atom. The van der Waals surface area contributed by atoms with Crippen molar-refractivity contribution in [2.24, 2.45) is 0 Å². The van der Waals surface area contributed by atoms with Gasteiger partial charge in [0.05, 0.1) is 11.8 Å². The van der Waals surface area contributed by atoms with Crippen LogP contribution in [0.2, 0.25) is 0 Å². The zero-order chi connectivity index (χ0) is 15.4. The number of benzene rings is 2. The molecule has 0 saturated heterocycles. The Hall–Kier alpha value is -1.81. The van der Waals surface area contributed by atoms with Crippen LogP contribution in [0.1, 0.15) is 30.0 Å². The number of halogens is 1. The van der Waals surface area contributed by atoms with Gasteiger partial charge in [0.25, 0.3) is 0 Å². The van der Waals surface area contributed by atoms with E-state index in [1.54, 1.807) is 12.1 Å². The number of hydrogen-bond acceptors (Lipinski definition) is 2. The average molecular weight is 315 g/mol. The third kappa shape index (κ3) is 3.69. The molecule has 0 aromatic heterocycles. The van der Waals surface area contributed by atoms with Crippen LogP contribution in [0.5, 0.6) is 0 Å². The lowest BCUT2D eigenvalue weighted by atomic mass is 9.88. The minimum absolute atomic E-state index is 0.0241. The molecule has 114 valence electrons. The summed E-state index contributed by atoms with van der Waals surface area (Å²) < 4.78 is 12.8. The van der Waals surface area contributed by atoms with Gasteiger partial charge in [-0.3, -0.25) is 4.79 Å². The Labute approximate surface area is 134 Å². The second-order valence-corrected chi connectivity index (χ2v) is 6.50. The second-order valence-electron chi connectivity index (χ2n) is 5.45. The number of fused-ring (bicyclic) bond motifs is 1. The van der Waals surface area contributed by atoms with Gasteiger partial charge in [-0.1, -0.05) is 24.3 Å². The van der Waals surface area contributed by atoms with E-state index >= 15 is 0 Å². The monoisotopic (exact) mass is 315 g/mol. The summed E-state index contributed by atoms with van der Waals surface area (Å²) in [5.41, 5.74) is 2.58. The van der Waals surface area contributed by atoms with E-state index in [-0.39, 0.29) is 17.8 Å². The van der Waals surface area contributed by atoms with Crippen LogP contribution in [0.25, 0.3) is 0 Å². The topological polar surface area (TPSA) is 29.1 Å². The zero-order valence-corrected chi connectivity index (χ0v) is 13.0. The van der Waals surface area contributed by atoms with E-state index in [4.69, 9.17) is 0 Å². The summed E-state index contributed by atoms with van der Waals surface area (Å²) in [7, 11) is 0. The first-order valence-electron chi connectivity index (χ1n) is 7.48. The third-order valence-electron chi connectivity index (χ3n) is 3.89. The van der Waals surface area contributed by atoms with Crippen molar-refractivity contribution in [3.63, 3.8) is 0 Å². The Morgan fingerprint density at radius 2 is 1.95 bits per heavy atom. The number of carbonyl (C=O) groups is 1. The van der Waals surface area contributed by atoms with Gasteiger partial charge in [-0.25, -0.2) is 4.39 Å². The van der Waals surface area contributed by atoms with Crippen LogP contribution in [0.3, 0.4) is 0 Å². The summed E-state index contributed by atoms with van der Waals surface area (Å²) >= 11 is 1.43. The smallest absolute Gasteiger partial charge is 0.230 e. The van der Waals surface area contributed by atoms with Gasteiger partial charge in [0.1, 0.15) is 5.82 Å². The molecule has 4 heteroatoms. The Morgan fingerprint density at radius 3 is 2.77 bits per heavy atom. The van der Waals surface area contributed by atoms with E-state index in [1.165, 1.54) is 35.0 Å². The quantitative estimate of drug-likeness (QED) is 0.860. The van der Waals surface area contributed by atoms with Crippen LogP contribution in [0.4, 0.5) is 4.39 Å². The molecule has 2 aromatic rings. The second kappa shape index (κ2) is 6.97. The van der Waals surface area contributed by atoms with E-state index in [9.17, 15) is 9.18 Å². The Bertz CT molecular complexity index is 656. The fraction of sp³-hybridized carbons (Fsp3) is 0.278. The lowest BCUT2D eigenvalue weighted by Gasteiger charge is -2.26. The molecular formula is C18H18FNOS. The molecule has 1 amide bonds. The molecule has 0 unspecified atom stereocenters. The molecular weight excluding hydrogens is 297 g/mol. The van der Waals surface area contributed by atoms with Crippen LogP contribution < -0.4 is 5.32 Å². The number of carbonyl (C=O) groups excluding carboxylic acids is 1. The third-order valence-corrected chi connectivity index (χ3v) is 4.90. The van der Waals surface area contributed by atoms with Gasteiger partial charge in [0.2, 0.25) is 5.91 Å². The van der Waals surface area contributed by atoms with E-state index in [1.807, 2.05) is 12.1 Å². The molecule has 2 aromatic carbocycles. The fourth-order valence-corrected chi connectivity index (χ4v) is 3.53. The Kier molecular flexibility index (Phi) is 4.78. The van der Waals surface area contributed by atoms with Gasteiger partial charge in [-0.15, -0.1) is 11.8 Å². The molecule has 1 aliphatic carbocycles.